The second kappa shape index (κ2) is 8.93. The SMILES string of the molecule is CCCCN(C)C(=O)c1cn(CC(C)C)c(=O)c2cc(OC)c(OC)cc12. The first-order valence-corrected chi connectivity index (χ1v) is 9.38. The molecule has 0 radical (unpaired) electrons. The smallest absolute Gasteiger partial charge is 0.258 e. The summed E-state index contributed by atoms with van der Waals surface area (Å²) in [4.78, 5) is 27.8. The average molecular weight is 374 g/mol. The molecule has 6 nitrogen and oxygen atoms in total. The molecule has 0 atom stereocenters. The molecule has 0 saturated carbocycles. The van der Waals surface area contributed by atoms with Crippen molar-refractivity contribution in [3.63, 3.8) is 0 Å². The molecule has 2 aromatic rings. The van der Waals surface area contributed by atoms with Gasteiger partial charge in [0.15, 0.2) is 11.5 Å². The van der Waals surface area contributed by atoms with Crippen LogP contribution in [0.3, 0.4) is 0 Å². The van der Waals surface area contributed by atoms with Crippen LogP contribution >= 0.6 is 0 Å². The number of methoxy groups -OCH3 is 2. The summed E-state index contributed by atoms with van der Waals surface area (Å²) < 4.78 is 12.4. The van der Waals surface area contributed by atoms with E-state index in [1.165, 1.54) is 7.11 Å². The first-order chi connectivity index (χ1) is 12.8. The zero-order valence-electron chi connectivity index (χ0n) is 17.2. The minimum absolute atomic E-state index is 0.0989. The molecule has 0 bridgehead atoms. The van der Waals surface area contributed by atoms with Crippen LogP contribution in [0.1, 0.15) is 44.0 Å². The summed E-state index contributed by atoms with van der Waals surface area (Å²) in [6, 6.07) is 3.38. The van der Waals surface area contributed by atoms with Gasteiger partial charge in [0.05, 0.1) is 25.2 Å². The predicted molar refractivity (Wildman–Crippen MR) is 108 cm³/mol. The lowest BCUT2D eigenvalue weighted by atomic mass is 10.0. The van der Waals surface area contributed by atoms with E-state index in [1.807, 2.05) is 13.8 Å². The molecule has 0 N–H and O–H groups in total. The van der Waals surface area contributed by atoms with Crippen molar-refractivity contribution in [2.45, 2.75) is 40.2 Å². The van der Waals surface area contributed by atoms with E-state index in [4.69, 9.17) is 9.47 Å². The number of nitrogens with zero attached hydrogens (tertiary/aromatic N) is 2. The van der Waals surface area contributed by atoms with Crippen molar-refractivity contribution in [2.24, 2.45) is 5.92 Å². The van der Waals surface area contributed by atoms with E-state index in [1.54, 1.807) is 42.0 Å². The number of ether oxygens (including phenoxy) is 2. The van der Waals surface area contributed by atoms with Crippen LogP contribution in [0.25, 0.3) is 10.8 Å². The third-order valence-corrected chi connectivity index (χ3v) is 4.58. The van der Waals surface area contributed by atoms with Gasteiger partial charge in [0.2, 0.25) is 0 Å². The van der Waals surface area contributed by atoms with Crippen molar-refractivity contribution in [1.29, 1.82) is 0 Å². The number of hydrogen-bond acceptors (Lipinski definition) is 4. The molecule has 1 aromatic carbocycles. The molecule has 0 unspecified atom stereocenters. The molecule has 1 amide bonds. The van der Waals surface area contributed by atoms with Crippen molar-refractivity contribution in [1.82, 2.24) is 9.47 Å². The highest BCUT2D eigenvalue weighted by Crippen LogP contribution is 2.32. The van der Waals surface area contributed by atoms with Gasteiger partial charge in [-0.05, 0) is 24.5 Å². The van der Waals surface area contributed by atoms with Crippen LogP contribution in [0.15, 0.2) is 23.1 Å². The molecular formula is C21H30N2O4. The first kappa shape index (κ1) is 20.8. The van der Waals surface area contributed by atoms with Crippen molar-refractivity contribution in [2.75, 3.05) is 27.8 Å². The Hall–Kier alpha value is -2.50. The minimum atomic E-state index is -0.132. The van der Waals surface area contributed by atoms with Crippen LogP contribution in [-0.2, 0) is 6.54 Å². The largest absolute Gasteiger partial charge is 0.493 e. The maximum absolute atomic E-state index is 13.1. The molecule has 0 aliphatic heterocycles. The molecule has 0 fully saturated rings. The molecule has 0 aliphatic rings. The highest BCUT2D eigenvalue weighted by Gasteiger charge is 2.20. The van der Waals surface area contributed by atoms with Crippen LogP contribution < -0.4 is 15.0 Å². The molecule has 1 heterocycles. The van der Waals surface area contributed by atoms with Crippen molar-refractivity contribution in [3.8, 4) is 11.5 Å². The van der Waals surface area contributed by atoms with E-state index < -0.39 is 0 Å². The first-order valence-electron chi connectivity index (χ1n) is 9.38. The quantitative estimate of drug-likeness (QED) is 0.709. The summed E-state index contributed by atoms with van der Waals surface area (Å²) in [6.45, 7) is 7.39. The van der Waals surface area contributed by atoms with Crippen LogP contribution in [0.4, 0.5) is 0 Å². The predicted octanol–water partition coefficient (Wildman–Crippen LogP) is 3.55. The Kier molecular flexibility index (Phi) is 6.88. The normalized spacial score (nSPS) is 11.1. The summed E-state index contributed by atoms with van der Waals surface area (Å²) in [6.07, 6.45) is 3.63. The van der Waals surface area contributed by atoms with Gasteiger partial charge in [0.1, 0.15) is 0 Å². The van der Waals surface area contributed by atoms with E-state index in [9.17, 15) is 9.59 Å². The number of pyridine rings is 1. The monoisotopic (exact) mass is 374 g/mol. The number of carbonyl (C=O) groups is 1. The van der Waals surface area contributed by atoms with Gasteiger partial charge in [-0.3, -0.25) is 9.59 Å². The van der Waals surface area contributed by atoms with E-state index in [0.29, 0.717) is 40.9 Å². The van der Waals surface area contributed by atoms with E-state index in [2.05, 4.69) is 6.92 Å². The van der Waals surface area contributed by atoms with Gasteiger partial charge in [-0.25, -0.2) is 0 Å². The molecular weight excluding hydrogens is 344 g/mol. The zero-order chi connectivity index (χ0) is 20.1. The third-order valence-electron chi connectivity index (χ3n) is 4.58. The van der Waals surface area contributed by atoms with Crippen molar-refractivity contribution >= 4 is 16.7 Å². The van der Waals surface area contributed by atoms with Gasteiger partial charge < -0.3 is 18.9 Å². The number of hydrogen-bond donors (Lipinski definition) is 0. The number of carbonyl (C=O) groups excluding carboxylic acids is 1. The molecule has 27 heavy (non-hydrogen) atoms. The Morgan fingerprint density at radius 2 is 1.74 bits per heavy atom. The summed E-state index contributed by atoms with van der Waals surface area (Å²) in [5.74, 6) is 1.15. The molecule has 0 aliphatic carbocycles. The Morgan fingerprint density at radius 1 is 1.15 bits per heavy atom. The van der Waals surface area contributed by atoms with Crippen LogP contribution in [0.2, 0.25) is 0 Å². The molecule has 0 spiro atoms. The number of aromatic nitrogens is 1. The standard InChI is InChI=1S/C21H30N2O4/c1-7-8-9-22(4)20(24)17-13-23(12-14(2)3)21(25)16-11-19(27-6)18(26-5)10-15(16)17/h10-11,13-14H,7-9,12H2,1-6H3. The highest BCUT2D eigenvalue weighted by molar-refractivity contribution is 6.07. The number of amides is 1. The van der Waals surface area contributed by atoms with Crippen LogP contribution in [0.5, 0.6) is 11.5 Å². The summed E-state index contributed by atoms with van der Waals surface area (Å²) in [5.41, 5.74) is 0.372. The van der Waals surface area contributed by atoms with Gasteiger partial charge >= 0.3 is 0 Å². The van der Waals surface area contributed by atoms with Gasteiger partial charge in [-0.1, -0.05) is 27.2 Å². The summed E-state index contributed by atoms with van der Waals surface area (Å²) in [7, 11) is 4.87. The topological polar surface area (TPSA) is 60.8 Å². The fourth-order valence-corrected chi connectivity index (χ4v) is 3.12. The maximum Gasteiger partial charge on any atom is 0.258 e. The lowest BCUT2D eigenvalue weighted by Crippen LogP contribution is -2.31. The third kappa shape index (κ3) is 4.43. The van der Waals surface area contributed by atoms with Crippen molar-refractivity contribution in [3.05, 3.63) is 34.2 Å². The number of rotatable bonds is 8. The van der Waals surface area contributed by atoms with E-state index in [0.717, 1.165) is 12.8 Å². The Balaban J connectivity index is 2.73. The molecule has 2 rings (SSSR count). The fraction of sp³-hybridized carbons (Fsp3) is 0.524. The van der Waals surface area contributed by atoms with E-state index in [-0.39, 0.29) is 17.4 Å². The number of fused-ring (bicyclic) bond motifs is 1. The molecule has 148 valence electrons. The highest BCUT2D eigenvalue weighted by atomic mass is 16.5. The lowest BCUT2D eigenvalue weighted by Gasteiger charge is -2.20. The van der Waals surface area contributed by atoms with Crippen LogP contribution in [0, 0.1) is 5.92 Å². The summed E-state index contributed by atoms with van der Waals surface area (Å²) in [5, 5.41) is 1.05. The molecule has 1 aromatic heterocycles. The maximum atomic E-state index is 13.1. The van der Waals surface area contributed by atoms with Gasteiger partial charge in [-0.15, -0.1) is 0 Å². The lowest BCUT2D eigenvalue weighted by molar-refractivity contribution is 0.0794. The van der Waals surface area contributed by atoms with Crippen molar-refractivity contribution < 1.29 is 14.3 Å². The van der Waals surface area contributed by atoms with E-state index >= 15 is 0 Å². The van der Waals surface area contributed by atoms with Gasteiger partial charge in [-0.2, -0.15) is 0 Å². The minimum Gasteiger partial charge on any atom is -0.493 e. The average Bonchev–Trinajstić information content (AvgIpc) is 2.66. The molecule has 6 heteroatoms. The summed E-state index contributed by atoms with van der Waals surface area (Å²) >= 11 is 0. The second-order valence-corrected chi connectivity index (χ2v) is 7.23. The molecule has 0 saturated heterocycles. The van der Waals surface area contributed by atoms with Crippen LogP contribution in [-0.4, -0.2) is 43.2 Å². The number of benzene rings is 1. The Morgan fingerprint density at radius 3 is 2.26 bits per heavy atom. The van der Waals surface area contributed by atoms with Gasteiger partial charge in [0.25, 0.3) is 11.5 Å². The zero-order valence-corrected chi connectivity index (χ0v) is 17.2. The fourth-order valence-electron chi connectivity index (χ4n) is 3.12. The van der Waals surface area contributed by atoms with Gasteiger partial charge in [0, 0.05) is 31.7 Å². The Labute approximate surface area is 160 Å². The second-order valence-electron chi connectivity index (χ2n) is 7.23. The Bertz CT molecular complexity index is 871. The number of unbranched alkanes of at least 4 members (excludes halogenated alkanes) is 1.